The molecule has 1 fully saturated rings. The maximum absolute atomic E-state index is 4.05. The lowest BCUT2D eigenvalue weighted by Crippen LogP contribution is -2.30. The summed E-state index contributed by atoms with van der Waals surface area (Å²) in [7, 11) is 0. The summed E-state index contributed by atoms with van der Waals surface area (Å²) < 4.78 is 0. The Balaban J connectivity index is 1.68. The highest BCUT2D eigenvalue weighted by molar-refractivity contribution is 5.37. The lowest BCUT2D eigenvalue weighted by atomic mass is 9.88. The van der Waals surface area contributed by atoms with Crippen molar-refractivity contribution in [3.8, 4) is 0 Å². The van der Waals surface area contributed by atoms with E-state index in [1.165, 1.54) is 12.0 Å². The van der Waals surface area contributed by atoms with Gasteiger partial charge in [0.25, 0.3) is 0 Å². The van der Waals surface area contributed by atoms with Crippen molar-refractivity contribution in [2.24, 2.45) is 5.41 Å². The fraction of sp³-hybridized carbons (Fsp3) is 0.412. The van der Waals surface area contributed by atoms with Gasteiger partial charge >= 0.3 is 0 Å². The molecule has 0 spiro atoms. The van der Waals surface area contributed by atoms with Crippen LogP contribution in [0.5, 0.6) is 0 Å². The number of benzene rings is 1. The van der Waals surface area contributed by atoms with Crippen molar-refractivity contribution in [3.05, 3.63) is 60.2 Å². The van der Waals surface area contributed by atoms with Crippen molar-refractivity contribution in [1.82, 2.24) is 15.3 Å². The number of nitrogens with one attached hydrogen (secondary N) is 1. The van der Waals surface area contributed by atoms with E-state index in [9.17, 15) is 0 Å². The Bertz CT molecular complexity index is 565. The number of hydrogen-bond donors (Lipinski definition) is 1. The SMILES string of the molecule is CC1(C)CC1(CNCc1cncnc1)c1ccccc1. The van der Waals surface area contributed by atoms with Crippen LogP contribution in [0.4, 0.5) is 0 Å². The highest BCUT2D eigenvalue weighted by Crippen LogP contribution is 2.63. The van der Waals surface area contributed by atoms with Crippen LogP contribution in [-0.2, 0) is 12.0 Å². The molecule has 1 aromatic carbocycles. The number of nitrogens with zero attached hydrogens (tertiary/aromatic N) is 2. The first-order valence-corrected chi connectivity index (χ1v) is 7.14. The Hall–Kier alpha value is -1.74. The molecule has 1 heterocycles. The molecule has 104 valence electrons. The van der Waals surface area contributed by atoms with Gasteiger partial charge < -0.3 is 5.32 Å². The second-order valence-electron chi connectivity index (χ2n) is 6.36. The lowest BCUT2D eigenvalue weighted by molar-refractivity contribution is 0.459. The average Bonchev–Trinajstić information content (AvgIpc) is 3.04. The number of aromatic nitrogens is 2. The van der Waals surface area contributed by atoms with Gasteiger partial charge in [-0.25, -0.2) is 9.97 Å². The monoisotopic (exact) mass is 267 g/mol. The van der Waals surface area contributed by atoms with E-state index in [2.05, 4.69) is 59.5 Å². The van der Waals surface area contributed by atoms with Crippen molar-refractivity contribution in [2.45, 2.75) is 32.2 Å². The molecule has 0 amide bonds. The normalized spacial score (nSPS) is 23.5. The van der Waals surface area contributed by atoms with E-state index in [0.29, 0.717) is 5.41 Å². The van der Waals surface area contributed by atoms with Gasteiger partial charge in [0.1, 0.15) is 6.33 Å². The van der Waals surface area contributed by atoms with Gasteiger partial charge in [0.2, 0.25) is 0 Å². The number of hydrogen-bond acceptors (Lipinski definition) is 3. The van der Waals surface area contributed by atoms with Crippen LogP contribution in [0.15, 0.2) is 49.1 Å². The summed E-state index contributed by atoms with van der Waals surface area (Å²) in [6.45, 7) is 6.53. The van der Waals surface area contributed by atoms with Crippen LogP contribution in [0.2, 0.25) is 0 Å². The van der Waals surface area contributed by atoms with E-state index >= 15 is 0 Å². The molecule has 3 nitrogen and oxygen atoms in total. The highest BCUT2D eigenvalue weighted by atomic mass is 14.9. The molecule has 1 aromatic heterocycles. The van der Waals surface area contributed by atoms with Gasteiger partial charge in [-0.15, -0.1) is 0 Å². The summed E-state index contributed by atoms with van der Waals surface area (Å²) in [4.78, 5) is 8.10. The molecular weight excluding hydrogens is 246 g/mol. The minimum Gasteiger partial charge on any atom is -0.312 e. The van der Waals surface area contributed by atoms with Gasteiger partial charge in [-0.05, 0) is 17.4 Å². The van der Waals surface area contributed by atoms with Gasteiger partial charge in [-0.2, -0.15) is 0 Å². The highest BCUT2D eigenvalue weighted by Gasteiger charge is 2.61. The standard InChI is InChI=1S/C17H21N3/c1-16(2)11-17(16,15-6-4-3-5-7-15)12-18-8-14-9-19-13-20-10-14/h3-7,9-10,13,18H,8,11-12H2,1-2H3. The third kappa shape index (κ3) is 2.34. The zero-order valence-electron chi connectivity index (χ0n) is 12.1. The molecular formula is C17H21N3. The van der Waals surface area contributed by atoms with Crippen molar-refractivity contribution >= 4 is 0 Å². The van der Waals surface area contributed by atoms with E-state index in [0.717, 1.165) is 18.7 Å². The predicted molar refractivity (Wildman–Crippen MR) is 80.3 cm³/mol. The van der Waals surface area contributed by atoms with E-state index < -0.39 is 0 Å². The fourth-order valence-corrected chi connectivity index (χ4v) is 3.21. The maximum atomic E-state index is 4.05. The van der Waals surface area contributed by atoms with Crippen LogP contribution in [0.3, 0.4) is 0 Å². The molecule has 3 heteroatoms. The molecule has 1 atom stereocenters. The zero-order chi connectivity index (χ0) is 14.1. The molecule has 1 aliphatic carbocycles. The smallest absolute Gasteiger partial charge is 0.115 e. The molecule has 2 aromatic rings. The second-order valence-corrected chi connectivity index (χ2v) is 6.36. The average molecular weight is 267 g/mol. The molecule has 1 aliphatic rings. The predicted octanol–water partition coefficient (Wildman–Crippen LogP) is 2.93. The Morgan fingerprint density at radius 3 is 2.35 bits per heavy atom. The molecule has 3 rings (SSSR count). The van der Waals surface area contributed by atoms with Crippen molar-refractivity contribution in [3.63, 3.8) is 0 Å². The first kappa shape index (κ1) is 13.3. The topological polar surface area (TPSA) is 37.8 Å². The summed E-state index contributed by atoms with van der Waals surface area (Å²) in [6.07, 6.45) is 6.54. The van der Waals surface area contributed by atoms with Crippen LogP contribution in [0, 0.1) is 5.41 Å². The Kier molecular flexibility index (Phi) is 3.30. The molecule has 1 N–H and O–H groups in total. The third-order valence-corrected chi connectivity index (χ3v) is 4.61. The zero-order valence-corrected chi connectivity index (χ0v) is 12.1. The Morgan fingerprint density at radius 1 is 1.10 bits per heavy atom. The van der Waals surface area contributed by atoms with Gasteiger partial charge in [-0.1, -0.05) is 44.2 Å². The lowest BCUT2D eigenvalue weighted by Gasteiger charge is -2.22. The molecule has 0 radical (unpaired) electrons. The van der Waals surface area contributed by atoms with Crippen LogP contribution >= 0.6 is 0 Å². The van der Waals surface area contributed by atoms with Crippen LogP contribution in [0.25, 0.3) is 0 Å². The van der Waals surface area contributed by atoms with Crippen LogP contribution in [0.1, 0.15) is 31.4 Å². The van der Waals surface area contributed by atoms with Gasteiger partial charge in [0.15, 0.2) is 0 Å². The minimum atomic E-state index is 0.268. The molecule has 0 aliphatic heterocycles. The largest absolute Gasteiger partial charge is 0.312 e. The van der Waals surface area contributed by atoms with Crippen molar-refractivity contribution in [2.75, 3.05) is 6.54 Å². The van der Waals surface area contributed by atoms with Crippen molar-refractivity contribution < 1.29 is 0 Å². The van der Waals surface area contributed by atoms with E-state index in [1.54, 1.807) is 6.33 Å². The summed E-state index contributed by atoms with van der Waals surface area (Å²) in [5, 5.41) is 3.58. The van der Waals surface area contributed by atoms with Crippen LogP contribution < -0.4 is 5.32 Å². The van der Waals surface area contributed by atoms with E-state index in [4.69, 9.17) is 0 Å². The summed E-state index contributed by atoms with van der Waals surface area (Å²) in [6, 6.07) is 10.9. The number of rotatable bonds is 5. The summed E-state index contributed by atoms with van der Waals surface area (Å²) in [5.41, 5.74) is 3.22. The van der Waals surface area contributed by atoms with Crippen LogP contribution in [-0.4, -0.2) is 16.5 Å². The van der Waals surface area contributed by atoms with Gasteiger partial charge in [0, 0.05) is 36.5 Å². The molecule has 1 unspecified atom stereocenters. The van der Waals surface area contributed by atoms with Gasteiger partial charge in [0.05, 0.1) is 0 Å². The summed E-state index contributed by atoms with van der Waals surface area (Å²) in [5.74, 6) is 0. The van der Waals surface area contributed by atoms with E-state index in [1.807, 2.05) is 12.4 Å². The van der Waals surface area contributed by atoms with Crippen molar-refractivity contribution in [1.29, 1.82) is 0 Å². The Labute approximate surface area is 120 Å². The fourth-order valence-electron chi connectivity index (χ4n) is 3.21. The molecule has 0 saturated heterocycles. The summed E-state index contributed by atoms with van der Waals surface area (Å²) >= 11 is 0. The minimum absolute atomic E-state index is 0.268. The molecule has 0 bridgehead atoms. The van der Waals surface area contributed by atoms with E-state index in [-0.39, 0.29) is 5.41 Å². The molecule has 1 saturated carbocycles. The third-order valence-electron chi connectivity index (χ3n) is 4.61. The Morgan fingerprint density at radius 2 is 1.75 bits per heavy atom. The quantitative estimate of drug-likeness (QED) is 0.905. The molecule has 20 heavy (non-hydrogen) atoms. The van der Waals surface area contributed by atoms with Gasteiger partial charge in [-0.3, -0.25) is 0 Å². The first-order valence-electron chi connectivity index (χ1n) is 7.14. The maximum Gasteiger partial charge on any atom is 0.115 e. The first-order chi connectivity index (χ1) is 9.64. The second kappa shape index (κ2) is 4.98.